The van der Waals surface area contributed by atoms with Gasteiger partial charge in [0.25, 0.3) is 0 Å². The van der Waals surface area contributed by atoms with Gasteiger partial charge in [0.05, 0.1) is 0 Å². The third-order valence-corrected chi connectivity index (χ3v) is 2.15. The molecule has 1 rings (SSSR count). The second-order valence-corrected chi connectivity index (χ2v) is 4.15. The quantitative estimate of drug-likeness (QED) is 0.771. The van der Waals surface area contributed by atoms with Crippen molar-refractivity contribution in [3.05, 3.63) is 24.3 Å². The van der Waals surface area contributed by atoms with E-state index >= 15 is 0 Å². The molecule has 0 aliphatic heterocycles. The van der Waals surface area contributed by atoms with E-state index in [0.717, 1.165) is 5.30 Å². The third kappa shape index (κ3) is 2.71. The zero-order chi connectivity index (χ0) is 10.8. The van der Waals surface area contributed by atoms with Gasteiger partial charge in [0.1, 0.15) is 5.75 Å². The van der Waals surface area contributed by atoms with Crippen molar-refractivity contribution >= 4 is 20.5 Å². The summed E-state index contributed by atoms with van der Waals surface area (Å²) in [5.74, 6) is -0.420. The molecule has 0 spiro atoms. The van der Waals surface area contributed by atoms with Crippen LogP contribution in [0.4, 0.5) is 0 Å². The Hall–Kier alpha value is -1.08. The first-order chi connectivity index (χ1) is 6.42. The van der Waals surface area contributed by atoms with Crippen LogP contribution >= 0.6 is 9.24 Å². The van der Waals surface area contributed by atoms with Crippen LogP contribution in [0.2, 0.25) is 0 Å². The van der Waals surface area contributed by atoms with E-state index in [0.29, 0.717) is 5.75 Å². The maximum Gasteiger partial charge on any atom is 0.347 e. The number of aliphatic carboxylic acids is 1. The lowest BCUT2D eigenvalue weighted by Crippen LogP contribution is -2.37. The van der Waals surface area contributed by atoms with E-state index in [2.05, 4.69) is 9.24 Å². The van der Waals surface area contributed by atoms with Gasteiger partial charge < -0.3 is 9.84 Å². The van der Waals surface area contributed by atoms with E-state index in [-0.39, 0.29) is 0 Å². The average molecular weight is 212 g/mol. The monoisotopic (exact) mass is 212 g/mol. The summed E-state index contributed by atoms with van der Waals surface area (Å²) in [6.07, 6.45) is 0. The molecule has 0 aliphatic rings. The fraction of sp³-hybridized carbons (Fsp3) is 0.300. The van der Waals surface area contributed by atoms with E-state index < -0.39 is 11.6 Å². The lowest BCUT2D eigenvalue weighted by molar-refractivity contribution is -0.152. The predicted octanol–water partition coefficient (Wildman–Crippen LogP) is 1.43. The number of carboxylic acids is 1. The van der Waals surface area contributed by atoms with Crippen LogP contribution in [0.3, 0.4) is 0 Å². The molecule has 0 bridgehead atoms. The predicted molar refractivity (Wildman–Crippen MR) is 58.1 cm³/mol. The molecule has 1 aromatic carbocycles. The number of carboxylic acid groups (broad SMARTS) is 1. The van der Waals surface area contributed by atoms with Crippen molar-refractivity contribution in [2.45, 2.75) is 19.4 Å². The van der Waals surface area contributed by atoms with E-state index in [1.165, 1.54) is 13.8 Å². The Kier molecular flexibility index (Phi) is 3.12. The molecule has 0 saturated heterocycles. The van der Waals surface area contributed by atoms with Gasteiger partial charge in [-0.25, -0.2) is 4.79 Å². The van der Waals surface area contributed by atoms with Crippen molar-refractivity contribution < 1.29 is 14.6 Å². The lowest BCUT2D eigenvalue weighted by Gasteiger charge is -2.21. The molecule has 0 heterocycles. The highest BCUT2D eigenvalue weighted by Crippen LogP contribution is 2.17. The Morgan fingerprint density at radius 2 is 1.86 bits per heavy atom. The van der Waals surface area contributed by atoms with Gasteiger partial charge in [0.2, 0.25) is 0 Å². The standard InChI is InChI=1S/C10H13O3P/c1-10(2,9(11)12)13-7-3-5-8(14)6-4-7/h3-6H,14H2,1-2H3,(H,11,12). The smallest absolute Gasteiger partial charge is 0.347 e. The maximum atomic E-state index is 10.8. The van der Waals surface area contributed by atoms with Crippen molar-refractivity contribution in [3.63, 3.8) is 0 Å². The molecule has 1 unspecified atom stereocenters. The molecule has 3 nitrogen and oxygen atoms in total. The van der Waals surface area contributed by atoms with Gasteiger partial charge in [0, 0.05) is 0 Å². The average Bonchev–Trinajstić information content (AvgIpc) is 2.08. The fourth-order valence-corrected chi connectivity index (χ4v) is 1.07. The van der Waals surface area contributed by atoms with Crippen LogP contribution in [0.15, 0.2) is 24.3 Å². The Morgan fingerprint density at radius 1 is 1.36 bits per heavy atom. The molecule has 1 aromatic rings. The number of carbonyl (C=O) groups is 1. The van der Waals surface area contributed by atoms with Crippen molar-refractivity contribution in [2.24, 2.45) is 0 Å². The molecule has 0 amide bonds. The highest BCUT2D eigenvalue weighted by molar-refractivity contribution is 7.27. The number of hydrogen-bond donors (Lipinski definition) is 1. The molecular weight excluding hydrogens is 199 g/mol. The summed E-state index contributed by atoms with van der Waals surface area (Å²) in [5, 5.41) is 9.86. The molecule has 1 N–H and O–H groups in total. The maximum absolute atomic E-state index is 10.8. The molecule has 0 radical (unpaired) electrons. The van der Waals surface area contributed by atoms with Crippen LogP contribution in [0, 0.1) is 0 Å². The summed E-state index contributed by atoms with van der Waals surface area (Å²) in [6.45, 7) is 3.04. The van der Waals surface area contributed by atoms with E-state index in [9.17, 15) is 4.79 Å². The summed E-state index contributed by atoms with van der Waals surface area (Å²) >= 11 is 0. The van der Waals surface area contributed by atoms with Crippen LogP contribution in [-0.4, -0.2) is 16.7 Å². The SMILES string of the molecule is CC(C)(Oc1ccc(P)cc1)C(=O)O. The Labute approximate surface area is 85.3 Å². The van der Waals surface area contributed by atoms with Crippen molar-refractivity contribution in [3.8, 4) is 5.75 Å². The van der Waals surface area contributed by atoms with E-state index in [1.54, 1.807) is 12.1 Å². The van der Waals surface area contributed by atoms with Crippen molar-refractivity contribution in [2.75, 3.05) is 0 Å². The van der Waals surface area contributed by atoms with Gasteiger partial charge in [-0.2, -0.15) is 0 Å². The molecule has 76 valence electrons. The first kappa shape index (κ1) is 11.0. The van der Waals surface area contributed by atoms with Crippen LogP contribution in [0.25, 0.3) is 0 Å². The van der Waals surface area contributed by atoms with E-state index in [1.807, 2.05) is 12.1 Å². The zero-order valence-corrected chi connectivity index (χ0v) is 9.31. The summed E-state index contributed by atoms with van der Waals surface area (Å²) in [4.78, 5) is 10.8. The lowest BCUT2D eigenvalue weighted by atomic mass is 10.1. The molecule has 4 heteroatoms. The summed E-state index contributed by atoms with van der Waals surface area (Å²) in [6, 6.07) is 7.18. The number of ether oxygens (including phenoxy) is 1. The number of hydrogen-bond acceptors (Lipinski definition) is 2. The highest BCUT2D eigenvalue weighted by atomic mass is 31.0. The zero-order valence-electron chi connectivity index (χ0n) is 8.15. The minimum atomic E-state index is -1.19. The van der Waals surface area contributed by atoms with Crippen LogP contribution in [-0.2, 0) is 4.79 Å². The summed E-state index contributed by atoms with van der Waals surface area (Å²) in [7, 11) is 2.55. The van der Waals surface area contributed by atoms with E-state index in [4.69, 9.17) is 9.84 Å². The second kappa shape index (κ2) is 3.97. The summed E-state index contributed by atoms with van der Waals surface area (Å²) in [5.41, 5.74) is -1.19. The van der Waals surface area contributed by atoms with Crippen LogP contribution < -0.4 is 10.0 Å². The second-order valence-electron chi connectivity index (χ2n) is 3.49. The Bertz CT molecular complexity index is 330. The molecule has 0 aliphatic carbocycles. The van der Waals surface area contributed by atoms with Gasteiger partial charge in [-0.15, -0.1) is 9.24 Å². The minimum absolute atomic E-state index is 0.559. The summed E-state index contributed by atoms with van der Waals surface area (Å²) < 4.78 is 5.31. The van der Waals surface area contributed by atoms with Gasteiger partial charge in [0.15, 0.2) is 5.60 Å². The fourth-order valence-electron chi connectivity index (χ4n) is 0.874. The highest BCUT2D eigenvalue weighted by Gasteiger charge is 2.29. The van der Waals surface area contributed by atoms with Crippen molar-refractivity contribution in [1.29, 1.82) is 0 Å². The van der Waals surface area contributed by atoms with Crippen LogP contribution in [0.5, 0.6) is 5.75 Å². The van der Waals surface area contributed by atoms with Gasteiger partial charge in [-0.3, -0.25) is 0 Å². The Balaban J connectivity index is 2.79. The van der Waals surface area contributed by atoms with Gasteiger partial charge in [-0.05, 0) is 31.3 Å². The molecule has 0 fully saturated rings. The number of rotatable bonds is 3. The van der Waals surface area contributed by atoms with Crippen LogP contribution in [0.1, 0.15) is 13.8 Å². The first-order valence-corrected chi connectivity index (χ1v) is 4.77. The Morgan fingerprint density at radius 3 is 2.29 bits per heavy atom. The van der Waals surface area contributed by atoms with Gasteiger partial charge in [-0.1, -0.05) is 12.1 Å². The van der Waals surface area contributed by atoms with Crippen molar-refractivity contribution in [1.82, 2.24) is 0 Å². The molecule has 0 aromatic heterocycles. The minimum Gasteiger partial charge on any atom is -0.478 e. The largest absolute Gasteiger partial charge is 0.478 e. The molecule has 14 heavy (non-hydrogen) atoms. The number of benzene rings is 1. The third-order valence-electron chi connectivity index (χ3n) is 1.77. The van der Waals surface area contributed by atoms with Gasteiger partial charge >= 0.3 is 5.97 Å². The normalized spacial score (nSPS) is 11.1. The topological polar surface area (TPSA) is 46.5 Å². The first-order valence-electron chi connectivity index (χ1n) is 4.20. The molecular formula is C10H13O3P. The molecule has 1 atom stereocenters. The molecule has 0 saturated carbocycles.